The van der Waals surface area contributed by atoms with E-state index in [1.807, 2.05) is 75.9 Å². The molecule has 0 N–H and O–H groups in total. The van der Waals surface area contributed by atoms with Crippen molar-refractivity contribution >= 4 is 39.3 Å². The monoisotopic (exact) mass is 397 g/mol. The van der Waals surface area contributed by atoms with Gasteiger partial charge in [0, 0.05) is 19.1 Å². The molecule has 2 aromatic carbocycles. The van der Waals surface area contributed by atoms with Gasteiger partial charge >= 0.3 is 0 Å². The first-order valence-electron chi connectivity index (χ1n) is 9.59. The lowest BCUT2D eigenvalue weighted by molar-refractivity contribution is -0.133. The van der Waals surface area contributed by atoms with Gasteiger partial charge < -0.3 is 4.90 Å². The molecule has 5 nitrogen and oxygen atoms in total. The molecule has 0 aliphatic carbocycles. The fourth-order valence-corrected chi connectivity index (χ4v) is 4.50. The quantitative estimate of drug-likeness (QED) is 0.368. The summed E-state index contributed by atoms with van der Waals surface area (Å²) in [4.78, 5) is 32.5. The maximum Gasteiger partial charge on any atom is 0.261 e. The van der Waals surface area contributed by atoms with E-state index in [1.165, 1.54) is 11.8 Å². The molecular formula is C22H27N3O2S. The first-order chi connectivity index (χ1) is 13.2. The second kappa shape index (κ2) is 7.95. The summed E-state index contributed by atoms with van der Waals surface area (Å²) < 4.78 is 1.54. The van der Waals surface area contributed by atoms with Crippen LogP contribution in [-0.2, 0) is 11.8 Å². The summed E-state index contributed by atoms with van der Waals surface area (Å²) in [5, 5.41) is 2.88. The number of amides is 1. The standard InChI is InChI=1S/C22H27N3O2S/c1-13(2)25(14(3)4)20(26)15(5)28-22-23-19-12-17-10-8-7-9-16(17)11-18(19)21(27)24(22)6/h7-15H,1-6H3/t15-/m1/s1. The zero-order chi connectivity index (χ0) is 20.6. The smallest absolute Gasteiger partial charge is 0.261 e. The molecule has 0 aliphatic rings. The number of benzene rings is 2. The zero-order valence-electron chi connectivity index (χ0n) is 17.3. The Hall–Kier alpha value is -2.34. The molecule has 0 spiro atoms. The molecule has 0 saturated heterocycles. The van der Waals surface area contributed by atoms with E-state index >= 15 is 0 Å². The van der Waals surface area contributed by atoms with Crippen LogP contribution in [0.4, 0.5) is 0 Å². The summed E-state index contributed by atoms with van der Waals surface area (Å²) in [6.07, 6.45) is 0. The number of nitrogens with zero attached hydrogens (tertiary/aromatic N) is 3. The number of carbonyl (C=O) groups excluding carboxylic acids is 1. The fourth-order valence-electron chi connectivity index (χ4n) is 3.57. The Morgan fingerprint density at radius 1 is 1.04 bits per heavy atom. The molecule has 6 heteroatoms. The van der Waals surface area contributed by atoms with Gasteiger partial charge in [0.2, 0.25) is 5.91 Å². The van der Waals surface area contributed by atoms with Crippen molar-refractivity contribution in [2.75, 3.05) is 0 Å². The van der Waals surface area contributed by atoms with Crippen LogP contribution in [0.25, 0.3) is 21.7 Å². The van der Waals surface area contributed by atoms with Gasteiger partial charge in [0.05, 0.1) is 16.2 Å². The van der Waals surface area contributed by atoms with Gasteiger partial charge in [-0.2, -0.15) is 0 Å². The molecular weight excluding hydrogens is 370 g/mol. The van der Waals surface area contributed by atoms with Crippen LogP contribution in [0.2, 0.25) is 0 Å². The molecule has 28 heavy (non-hydrogen) atoms. The minimum absolute atomic E-state index is 0.0582. The van der Waals surface area contributed by atoms with Gasteiger partial charge in [-0.25, -0.2) is 4.98 Å². The molecule has 0 radical (unpaired) electrons. The van der Waals surface area contributed by atoms with E-state index in [4.69, 9.17) is 4.98 Å². The van der Waals surface area contributed by atoms with Crippen molar-refractivity contribution in [1.82, 2.24) is 14.5 Å². The average Bonchev–Trinajstić information content (AvgIpc) is 2.64. The minimum Gasteiger partial charge on any atom is -0.337 e. The van der Waals surface area contributed by atoms with E-state index in [0.717, 1.165) is 10.8 Å². The van der Waals surface area contributed by atoms with Crippen LogP contribution in [-0.4, -0.2) is 37.7 Å². The fraction of sp³-hybridized carbons (Fsp3) is 0.409. The van der Waals surface area contributed by atoms with Crippen LogP contribution in [0.15, 0.2) is 46.3 Å². The minimum atomic E-state index is -0.333. The highest BCUT2D eigenvalue weighted by Crippen LogP contribution is 2.26. The predicted molar refractivity (Wildman–Crippen MR) is 117 cm³/mol. The van der Waals surface area contributed by atoms with Crippen molar-refractivity contribution < 1.29 is 4.79 Å². The number of hydrogen-bond acceptors (Lipinski definition) is 4. The third kappa shape index (κ3) is 3.78. The Balaban J connectivity index is 2.01. The lowest BCUT2D eigenvalue weighted by Gasteiger charge is -2.32. The molecule has 0 aliphatic heterocycles. The largest absolute Gasteiger partial charge is 0.337 e. The Morgan fingerprint density at radius 2 is 1.61 bits per heavy atom. The van der Waals surface area contributed by atoms with Crippen LogP contribution in [0, 0.1) is 0 Å². The molecule has 1 atom stereocenters. The maximum absolute atomic E-state index is 13.0. The lowest BCUT2D eigenvalue weighted by Crippen LogP contribution is -2.45. The zero-order valence-corrected chi connectivity index (χ0v) is 18.1. The summed E-state index contributed by atoms with van der Waals surface area (Å²) in [7, 11) is 1.71. The van der Waals surface area contributed by atoms with Gasteiger partial charge in [0.25, 0.3) is 5.56 Å². The molecule has 1 amide bonds. The molecule has 0 bridgehead atoms. The molecule has 0 saturated carbocycles. The van der Waals surface area contributed by atoms with Crippen molar-refractivity contribution in [2.24, 2.45) is 7.05 Å². The molecule has 1 heterocycles. The highest BCUT2D eigenvalue weighted by molar-refractivity contribution is 8.00. The third-order valence-electron chi connectivity index (χ3n) is 4.90. The molecule has 148 valence electrons. The van der Waals surface area contributed by atoms with E-state index in [0.29, 0.717) is 16.1 Å². The highest BCUT2D eigenvalue weighted by Gasteiger charge is 2.27. The number of aromatic nitrogens is 2. The molecule has 3 aromatic rings. The summed E-state index contributed by atoms with van der Waals surface area (Å²) in [6, 6.07) is 12.0. The van der Waals surface area contributed by atoms with E-state index in [1.54, 1.807) is 11.6 Å². The number of hydrogen-bond donors (Lipinski definition) is 0. The predicted octanol–water partition coefficient (Wildman–Crippen LogP) is 4.21. The first kappa shape index (κ1) is 20.4. The summed E-state index contributed by atoms with van der Waals surface area (Å²) in [6.45, 7) is 9.95. The Bertz CT molecular complexity index is 1080. The topological polar surface area (TPSA) is 55.2 Å². The Morgan fingerprint density at radius 3 is 2.18 bits per heavy atom. The molecule has 0 fully saturated rings. The summed E-state index contributed by atoms with van der Waals surface area (Å²) in [5.74, 6) is 0.0582. The van der Waals surface area contributed by atoms with Crippen LogP contribution >= 0.6 is 11.8 Å². The average molecular weight is 398 g/mol. The van der Waals surface area contributed by atoms with Gasteiger partial charge in [0.15, 0.2) is 5.16 Å². The van der Waals surface area contributed by atoms with Crippen molar-refractivity contribution in [1.29, 1.82) is 0 Å². The number of rotatable bonds is 5. The van der Waals surface area contributed by atoms with Gasteiger partial charge in [-0.1, -0.05) is 36.0 Å². The van der Waals surface area contributed by atoms with Crippen molar-refractivity contribution in [3.63, 3.8) is 0 Å². The van der Waals surface area contributed by atoms with Crippen LogP contribution in [0.3, 0.4) is 0 Å². The van der Waals surface area contributed by atoms with Gasteiger partial charge in [-0.15, -0.1) is 0 Å². The van der Waals surface area contributed by atoms with Crippen LogP contribution < -0.4 is 5.56 Å². The van der Waals surface area contributed by atoms with Gasteiger partial charge in [-0.3, -0.25) is 14.2 Å². The molecule has 3 rings (SSSR count). The summed E-state index contributed by atoms with van der Waals surface area (Å²) in [5.41, 5.74) is 0.566. The number of carbonyl (C=O) groups is 1. The second-order valence-corrected chi connectivity index (χ2v) is 8.98. The second-order valence-electron chi connectivity index (χ2n) is 7.67. The summed E-state index contributed by atoms with van der Waals surface area (Å²) >= 11 is 1.34. The number of thioether (sulfide) groups is 1. The van der Waals surface area contributed by atoms with Crippen LogP contribution in [0.1, 0.15) is 34.6 Å². The maximum atomic E-state index is 13.0. The third-order valence-corrected chi connectivity index (χ3v) is 6.03. The van der Waals surface area contributed by atoms with Crippen molar-refractivity contribution in [3.05, 3.63) is 46.8 Å². The SMILES string of the molecule is CC(C)N(C(=O)[C@@H](C)Sc1nc2cc3ccccc3cc2c(=O)n1C)C(C)C. The molecule has 1 aromatic heterocycles. The normalized spacial score (nSPS) is 12.9. The highest BCUT2D eigenvalue weighted by atomic mass is 32.2. The van der Waals surface area contributed by atoms with E-state index in [2.05, 4.69) is 0 Å². The van der Waals surface area contributed by atoms with Gasteiger partial charge in [-0.05, 0) is 57.5 Å². The van der Waals surface area contributed by atoms with Crippen molar-refractivity contribution in [2.45, 2.75) is 57.1 Å². The van der Waals surface area contributed by atoms with Crippen molar-refractivity contribution in [3.8, 4) is 0 Å². The van der Waals surface area contributed by atoms with E-state index < -0.39 is 0 Å². The first-order valence-corrected chi connectivity index (χ1v) is 10.5. The van der Waals surface area contributed by atoms with Crippen LogP contribution in [0.5, 0.6) is 0 Å². The van der Waals surface area contributed by atoms with E-state index in [-0.39, 0.29) is 28.8 Å². The number of fused-ring (bicyclic) bond motifs is 2. The van der Waals surface area contributed by atoms with Gasteiger partial charge in [0.1, 0.15) is 0 Å². The Kier molecular flexibility index (Phi) is 5.79. The Labute approximate surface area is 169 Å². The van der Waals surface area contributed by atoms with E-state index in [9.17, 15) is 9.59 Å². The molecule has 0 unspecified atom stereocenters. The lowest BCUT2D eigenvalue weighted by atomic mass is 10.1.